The molecule has 0 radical (unpaired) electrons. The highest BCUT2D eigenvalue weighted by atomic mass is 16.5. The van der Waals surface area contributed by atoms with Crippen LogP contribution in [-0.2, 0) is 0 Å². The van der Waals surface area contributed by atoms with Crippen LogP contribution in [0.25, 0.3) is 12.2 Å². The summed E-state index contributed by atoms with van der Waals surface area (Å²) in [5.41, 5.74) is 4.69. The minimum atomic E-state index is 0.693. The largest absolute Gasteiger partial charge is 0.494 e. The minimum absolute atomic E-state index is 0.693. The molecule has 0 amide bonds. The van der Waals surface area contributed by atoms with E-state index < -0.39 is 0 Å². The van der Waals surface area contributed by atoms with Gasteiger partial charge in [-0.25, -0.2) is 0 Å². The second kappa shape index (κ2) is 8.20. The smallest absolute Gasteiger partial charge is 0.119 e. The number of para-hydroxylation sites is 1. The summed E-state index contributed by atoms with van der Waals surface area (Å²) in [5, 5.41) is 0. The van der Waals surface area contributed by atoms with E-state index in [1.54, 1.807) is 0 Å². The molecule has 3 aromatic rings. The summed E-state index contributed by atoms with van der Waals surface area (Å²) in [5.74, 6) is 0.910. The van der Waals surface area contributed by atoms with Crippen molar-refractivity contribution in [2.45, 2.75) is 6.92 Å². The average Bonchev–Trinajstić information content (AvgIpc) is 2.68. The maximum atomic E-state index is 5.47. The van der Waals surface area contributed by atoms with Gasteiger partial charge in [0.05, 0.1) is 6.61 Å². The lowest BCUT2D eigenvalue weighted by molar-refractivity contribution is 0.340. The fourth-order valence-electron chi connectivity index (χ4n) is 2.64. The van der Waals surface area contributed by atoms with Crippen LogP contribution in [0.5, 0.6) is 5.75 Å². The summed E-state index contributed by atoms with van der Waals surface area (Å²) in [6.45, 7) is 2.69. The Kier molecular flexibility index (Phi) is 5.53. The molecular weight excluding hydrogens is 306 g/mol. The zero-order chi connectivity index (χ0) is 17.5. The molecule has 0 spiro atoms. The molecule has 3 rings (SSSR count). The van der Waals surface area contributed by atoms with E-state index in [0.717, 1.165) is 11.3 Å². The van der Waals surface area contributed by atoms with Gasteiger partial charge in [0.15, 0.2) is 0 Å². The topological polar surface area (TPSA) is 12.5 Å². The second-order valence-corrected chi connectivity index (χ2v) is 5.82. The van der Waals surface area contributed by atoms with E-state index >= 15 is 0 Å². The van der Waals surface area contributed by atoms with E-state index in [2.05, 4.69) is 84.8 Å². The summed E-state index contributed by atoms with van der Waals surface area (Å²) in [6, 6.07) is 27.1. The molecule has 0 bridgehead atoms. The number of anilines is 2. The molecule has 0 fully saturated rings. The molecule has 0 aliphatic rings. The maximum Gasteiger partial charge on any atom is 0.119 e. The highest BCUT2D eigenvalue weighted by Gasteiger charge is 2.02. The fraction of sp³-hybridized carbons (Fsp3) is 0.130. The Labute approximate surface area is 150 Å². The molecule has 0 saturated heterocycles. The van der Waals surface area contributed by atoms with E-state index in [-0.39, 0.29) is 0 Å². The Hall–Kier alpha value is -3.00. The first-order valence-corrected chi connectivity index (χ1v) is 8.56. The van der Waals surface area contributed by atoms with Crippen molar-refractivity contribution >= 4 is 23.5 Å². The average molecular weight is 329 g/mol. The molecule has 0 aliphatic heterocycles. The van der Waals surface area contributed by atoms with Crippen LogP contribution in [0.3, 0.4) is 0 Å². The van der Waals surface area contributed by atoms with Gasteiger partial charge in [0.25, 0.3) is 0 Å². The molecule has 0 aliphatic carbocycles. The van der Waals surface area contributed by atoms with E-state index in [4.69, 9.17) is 4.74 Å². The first kappa shape index (κ1) is 16.8. The quantitative estimate of drug-likeness (QED) is 0.512. The van der Waals surface area contributed by atoms with Crippen LogP contribution in [0.4, 0.5) is 11.4 Å². The fourth-order valence-corrected chi connectivity index (χ4v) is 2.64. The molecule has 0 atom stereocenters. The predicted molar refractivity (Wildman–Crippen MR) is 107 cm³/mol. The highest BCUT2D eigenvalue weighted by Crippen LogP contribution is 2.24. The van der Waals surface area contributed by atoms with Crippen molar-refractivity contribution in [2.24, 2.45) is 0 Å². The van der Waals surface area contributed by atoms with Gasteiger partial charge in [-0.3, -0.25) is 0 Å². The molecule has 0 saturated carbocycles. The van der Waals surface area contributed by atoms with E-state index in [0.29, 0.717) is 6.61 Å². The Balaban J connectivity index is 1.68. The normalized spacial score (nSPS) is 10.8. The Bertz CT molecular complexity index is 805. The van der Waals surface area contributed by atoms with Crippen molar-refractivity contribution in [1.29, 1.82) is 0 Å². The SMILES string of the molecule is CCOc1ccc(C=Cc2ccc(N(C)c3ccccc3)cc2)cc1. The van der Waals surface area contributed by atoms with Gasteiger partial charge in [-0.05, 0) is 54.4 Å². The number of benzene rings is 3. The van der Waals surface area contributed by atoms with Crippen molar-refractivity contribution in [3.05, 3.63) is 90.0 Å². The minimum Gasteiger partial charge on any atom is -0.494 e. The third-order valence-electron chi connectivity index (χ3n) is 4.08. The van der Waals surface area contributed by atoms with Gasteiger partial charge in [0, 0.05) is 18.4 Å². The zero-order valence-corrected chi connectivity index (χ0v) is 14.7. The summed E-state index contributed by atoms with van der Waals surface area (Å²) in [4.78, 5) is 2.18. The second-order valence-electron chi connectivity index (χ2n) is 5.82. The van der Waals surface area contributed by atoms with Gasteiger partial charge in [-0.2, -0.15) is 0 Å². The standard InChI is InChI=1S/C23H23NO/c1-3-25-23-17-13-20(14-18-23)10-9-19-11-15-22(16-12-19)24(2)21-7-5-4-6-8-21/h4-18H,3H2,1-2H3. The van der Waals surface area contributed by atoms with Gasteiger partial charge < -0.3 is 9.64 Å². The molecule has 2 nitrogen and oxygen atoms in total. The van der Waals surface area contributed by atoms with Gasteiger partial charge in [0.2, 0.25) is 0 Å². The van der Waals surface area contributed by atoms with Crippen molar-refractivity contribution in [3.8, 4) is 5.75 Å². The van der Waals surface area contributed by atoms with Crippen LogP contribution in [0.2, 0.25) is 0 Å². The molecule has 2 heteroatoms. The number of rotatable bonds is 6. The van der Waals surface area contributed by atoms with E-state index in [9.17, 15) is 0 Å². The molecular formula is C23H23NO. The molecule has 0 aromatic heterocycles. The highest BCUT2D eigenvalue weighted by molar-refractivity contribution is 5.71. The molecule has 25 heavy (non-hydrogen) atoms. The van der Waals surface area contributed by atoms with Crippen LogP contribution in [0.15, 0.2) is 78.9 Å². The number of ether oxygens (including phenoxy) is 1. The lowest BCUT2D eigenvalue weighted by Gasteiger charge is -2.19. The van der Waals surface area contributed by atoms with Crippen molar-refractivity contribution in [3.63, 3.8) is 0 Å². The maximum absolute atomic E-state index is 5.47. The van der Waals surface area contributed by atoms with E-state index in [1.165, 1.54) is 16.9 Å². The number of hydrogen-bond acceptors (Lipinski definition) is 2. The third kappa shape index (κ3) is 4.51. The zero-order valence-electron chi connectivity index (χ0n) is 14.7. The molecule has 126 valence electrons. The summed E-state index contributed by atoms with van der Waals surface area (Å²) < 4.78 is 5.47. The lowest BCUT2D eigenvalue weighted by atomic mass is 10.1. The van der Waals surface area contributed by atoms with Crippen molar-refractivity contribution in [2.75, 3.05) is 18.6 Å². The van der Waals surface area contributed by atoms with Gasteiger partial charge in [0.1, 0.15) is 5.75 Å². The van der Waals surface area contributed by atoms with Crippen LogP contribution in [0, 0.1) is 0 Å². The van der Waals surface area contributed by atoms with Crippen molar-refractivity contribution in [1.82, 2.24) is 0 Å². The number of nitrogens with zero attached hydrogens (tertiary/aromatic N) is 1. The van der Waals surface area contributed by atoms with E-state index in [1.807, 2.05) is 25.1 Å². The van der Waals surface area contributed by atoms with Crippen molar-refractivity contribution < 1.29 is 4.74 Å². The molecule has 0 N–H and O–H groups in total. The van der Waals surface area contributed by atoms with Gasteiger partial charge in [-0.1, -0.05) is 54.6 Å². The molecule has 0 unspecified atom stereocenters. The summed E-state index contributed by atoms with van der Waals surface area (Å²) in [6.07, 6.45) is 4.24. The Morgan fingerprint density at radius 1 is 0.720 bits per heavy atom. The summed E-state index contributed by atoms with van der Waals surface area (Å²) >= 11 is 0. The van der Waals surface area contributed by atoms with Gasteiger partial charge in [-0.15, -0.1) is 0 Å². The third-order valence-corrected chi connectivity index (χ3v) is 4.08. The predicted octanol–water partition coefficient (Wildman–Crippen LogP) is 6.02. The summed E-state index contributed by atoms with van der Waals surface area (Å²) in [7, 11) is 2.08. The van der Waals surface area contributed by atoms with Crippen LogP contribution < -0.4 is 9.64 Å². The molecule has 0 heterocycles. The Morgan fingerprint density at radius 3 is 1.80 bits per heavy atom. The number of hydrogen-bond donors (Lipinski definition) is 0. The van der Waals surface area contributed by atoms with Crippen LogP contribution >= 0.6 is 0 Å². The first-order valence-electron chi connectivity index (χ1n) is 8.56. The van der Waals surface area contributed by atoms with Crippen LogP contribution in [-0.4, -0.2) is 13.7 Å². The van der Waals surface area contributed by atoms with Crippen LogP contribution in [0.1, 0.15) is 18.1 Å². The monoisotopic (exact) mass is 329 g/mol. The van der Waals surface area contributed by atoms with Gasteiger partial charge >= 0.3 is 0 Å². The first-order chi connectivity index (χ1) is 12.3. The lowest BCUT2D eigenvalue weighted by Crippen LogP contribution is -2.08. The Morgan fingerprint density at radius 2 is 1.24 bits per heavy atom. The molecule has 3 aromatic carbocycles.